The molecule has 6 nitrogen and oxygen atoms in total. The van der Waals surface area contributed by atoms with Gasteiger partial charge in [0.05, 0.1) is 31.1 Å². The Kier molecular flexibility index (Phi) is 5.04. The molecule has 2 saturated heterocycles. The number of aromatic nitrogens is 1. The maximum atomic E-state index is 12.7. The van der Waals surface area contributed by atoms with Crippen molar-refractivity contribution >= 4 is 5.91 Å². The lowest BCUT2D eigenvalue weighted by Gasteiger charge is -2.50. The number of pyridine rings is 1. The molecule has 0 saturated carbocycles. The molecule has 2 aromatic heterocycles. The molecular weight excluding hydrogens is 332 g/mol. The summed E-state index contributed by atoms with van der Waals surface area (Å²) in [6, 6.07) is 5.64. The highest BCUT2D eigenvalue weighted by Gasteiger charge is 2.47. The predicted molar refractivity (Wildman–Crippen MR) is 94.5 cm³/mol. The van der Waals surface area contributed by atoms with Crippen LogP contribution >= 0.6 is 0 Å². The van der Waals surface area contributed by atoms with Gasteiger partial charge in [0.25, 0.3) is 5.91 Å². The third kappa shape index (κ3) is 3.52. The van der Waals surface area contributed by atoms with Gasteiger partial charge in [-0.05, 0) is 37.0 Å². The van der Waals surface area contributed by atoms with Crippen LogP contribution in [-0.4, -0.2) is 48.2 Å². The molecule has 0 radical (unpaired) electrons. The Morgan fingerprint density at radius 1 is 1.42 bits per heavy atom. The van der Waals surface area contributed by atoms with Crippen LogP contribution in [0.4, 0.5) is 0 Å². The van der Waals surface area contributed by atoms with Crippen LogP contribution in [0.3, 0.4) is 0 Å². The molecule has 1 amide bonds. The number of piperidine rings is 1. The van der Waals surface area contributed by atoms with Crippen molar-refractivity contribution in [1.82, 2.24) is 9.88 Å². The number of rotatable bonds is 5. The summed E-state index contributed by atoms with van der Waals surface area (Å²) in [5.74, 6) is 0.0226. The van der Waals surface area contributed by atoms with E-state index in [9.17, 15) is 4.79 Å². The van der Waals surface area contributed by atoms with E-state index in [-0.39, 0.29) is 17.4 Å². The van der Waals surface area contributed by atoms with Crippen molar-refractivity contribution in [3.63, 3.8) is 0 Å². The molecule has 0 N–H and O–H groups in total. The molecule has 0 bridgehead atoms. The minimum atomic E-state index is -0.141. The summed E-state index contributed by atoms with van der Waals surface area (Å²) in [4.78, 5) is 18.8. The van der Waals surface area contributed by atoms with Crippen LogP contribution in [0.15, 0.2) is 47.5 Å². The van der Waals surface area contributed by atoms with Crippen LogP contribution in [0.2, 0.25) is 0 Å². The molecule has 26 heavy (non-hydrogen) atoms. The maximum absolute atomic E-state index is 12.7. The number of fused-ring (bicyclic) bond motifs is 1. The summed E-state index contributed by atoms with van der Waals surface area (Å²) in [7, 11) is 0. The summed E-state index contributed by atoms with van der Waals surface area (Å²) in [5.41, 5.74) is 1.52. The fraction of sp³-hybridized carbons (Fsp3) is 0.500. The van der Waals surface area contributed by atoms with E-state index in [0.717, 1.165) is 31.4 Å². The summed E-state index contributed by atoms with van der Waals surface area (Å²) >= 11 is 0. The fourth-order valence-electron chi connectivity index (χ4n) is 4.10. The number of hydrogen-bond acceptors (Lipinski definition) is 5. The summed E-state index contributed by atoms with van der Waals surface area (Å²) < 4.78 is 17.2. The Hall–Kier alpha value is -2.18. The number of nitrogens with zero attached hydrogens (tertiary/aromatic N) is 2. The molecule has 0 aromatic carbocycles. The van der Waals surface area contributed by atoms with Crippen LogP contribution in [-0.2, 0) is 16.1 Å². The minimum Gasteiger partial charge on any atom is -0.472 e. The first-order valence-corrected chi connectivity index (χ1v) is 9.17. The Labute approximate surface area is 153 Å². The van der Waals surface area contributed by atoms with Crippen molar-refractivity contribution in [3.8, 4) is 0 Å². The monoisotopic (exact) mass is 356 g/mol. The zero-order chi connectivity index (χ0) is 17.8. The Bertz CT molecular complexity index is 719. The number of hydrogen-bond donors (Lipinski definition) is 0. The Balaban J connectivity index is 1.45. The van der Waals surface area contributed by atoms with Crippen LogP contribution in [0.1, 0.15) is 35.2 Å². The zero-order valence-electron chi connectivity index (χ0n) is 14.8. The van der Waals surface area contributed by atoms with Gasteiger partial charge in [0, 0.05) is 37.5 Å². The molecule has 6 heteroatoms. The third-order valence-corrected chi connectivity index (χ3v) is 5.42. The number of furan rings is 1. The van der Waals surface area contributed by atoms with Crippen LogP contribution in [0.5, 0.6) is 0 Å². The average Bonchev–Trinajstić information content (AvgIpc) is 3.22. The second kappa shape index (κ2) is 7.60. The molecular formula is C20H24N2O4. The van der Waals surface area contributed by atoms with Crippen molar-refractivity contribution in [2.75, 3.05) is 26.3 Å². The molecule has 2 aromatic rings. The van der Waals surface area contributed by atoms with E-state index in [0.29, 0.717) is 31.9 Å². The second-order valence-electron chi connectivity index (χ2n) is 7.21. The molecule has 4 rings (SSSR count). The van der Waals surface area contributed by atoms with Gasteiger partial charge < -0.3 is 18.8 Å². The summed E-state index contributed by atoms with van der Waals surface area (Å²) in [5, 5.41) is 0. The fourth-order valence-corrected chi connectivity index (χ4v) is 4.10. The molecule has 2 aliphatic rings. The van der Waals surface area contributed by atoms with Gasteiger partial charge >= 0.3 is 0 Å². The van der Waals surface area contributed by atoms with Gasteiger partial charge in [-0.1, -0.05) is 6.07 Å². The molecule has 4 heterocycles. The van der Waals surface area contributed by atoms with E-state index in [1.807, 2.05) is 23.2 Å². The van der Waals surface area contributed by atoms with Gasteiger partial charge in [0.2, 0.25) is 0 Å². The molecule has 0 spiro atoms. The van der Waals surface area contributed by atoms with Crippen molar-refractivity contribution in [2.45, 2.75) is 32.0 Å². The highest BCUT2D eigenvalue weighted by Crippen LogP contribution is 2.41. The summed E-state index contributed by atoms with van der Waals surface area (Å²) in [6.07, 6.45) is 9.64. The van der Waals surface area contributed by atoms with Crippen LogP contribution < -0.4 is 0 Å². The molecule has 138 valence electrons. The zero-order valence-corrected chi connectivity index (χ0v) is 14.8. The quantitative estimate of drug-likeness (QED) is 0.824. The van der Waals surface area contributed by atoms with Crippen molar-refractivity contribution < 1.29 is 18.7 Å². The highest BCUT2D eigenvalue weighted by molar-refractivity contribution is 5.93. The smallest absolute Gasteiger partial charge is 0.257 e. The standard InChI is InChI=1S/C20H24N2O4/c23-19(17-5-10-24-13-17)22-8-4-18-20(14-22,6-2-9-26-18)15-25-12-16-3-1-7-21-11-16/h1,3,5,7,10-11,13,18H,2,4,6,8-9,12,14-15H2/t18-,20-/m0/s1. The predicted octanol–water partition coefficient (Wildman–Crippen LogP) is 2.90. The number of amides is 1. The minimum absolute atomic E-state index is 0.0226. The number of carbonyl (C=O) groups is 1. The molecule has 0 aliphatic carbocycles. The first-order valence-electron chi connectivity index (χ1n) is 9.17. The lowest BCUT2D eigenvalue weighted by atomic mass is 9.73. The van der Waals surface area contributed by atoms with E-state index >= 15 is 0 Å². The van der Waals surface area contributed by atoms with E-state index in [2.05, 4.69) is 4.98 Å². The van der Waals surface area contributed by atoms with Crippen molar-refractivity contribution in [1.29, 1.82) is 0 Å². The molecule has 2 atom stereocenters. The van der Waals surface area contributed by atoms with E-state index < -0.39 is 0 Å². The van der Waals surface area contributed by atoms with Gasteiger partial charge in [0.15, 0.2) is 0 Å². The Morgan fingerprint density at radius 3 is 3.19 bits per heavy atom. The van der Waals surface area contributed by atoms with E-state index in [4.69, 9.17) is 13.9 Å². The Morgan fingerprint density at radius 2 is 2.38 bits per heavy atom. The average molecular weight is 356 g/mol. The highest BCUT2D eigenvalue weighted by atomic mass is 16.5. The van der Waals surface area contributed by atoms with Crippen LogP contribution in [0.25, 0.3) is 0 Å². The maximum Gasteiger partial charge on any atom is 0.257 e. The van der Waals surface area contributed by atoms with Gasteiger partial charge in [-0.3, -0.25) is 9.78 Å². The lowest BCUT2D eigenvalue weighted by Crippen LogP contribution is -2.58. The number of ether oxygens (including phenoxy) is 2. The SMILES string of the molecule is O=C(c1ccoc1)N1CC[C@@H]2OCCC[C@@]2(COCc2cccnc2)C1. The van der Waals surface area contributed by atoms with Gasteiger partial charge in [-0.2, -0.15) is 0 Å². The van der Waals surface area contributed by atoms with Gasteiger partial charge in [0.1, 0.15) is 6.26 Å². The number of carbonyl (C=O) groups excluding carboxylic acids is 1. The van der Waals surface area contributed by atoms with Crippen LogP contribution in [0, 0.1) is 5.41 Å². The van der Waals surface area contributed by atoms with E-state index in [1.165, 1.54) is 12.5 Å². The van der Waals surface area contributed by atoms with Gasteiger partial charge in [-0.15, -0.1) is 0 Å². The molecule has 2 aliphatic heterocycles. The topological polar surface area (TPSA) is 64.8 Å². The van der Waals surface area contributed by atoms with Crippen molar-refractivity contribution in [3.05, 3.63) is 54.2 Å². The first-order chi connectivity index (χ1) is 12.8. The third-order valence-electron chi connectivity index (χ3n) is 5.42. The molecule has 0 unspecified atom stereocenters. The normalized spacial score (nSPS) is 25.7. The number of likely N-dealkylation sites (tertiary alicyclic amines) is 1. The van der Waals surface area contributed by atoms with E-state index in [1.54, 1.807) is 12.3 Å². The molecule has 2 fully saturated rings. The summed E-state index contributed by atoms with van der Waals surface area (Å²) in [6.45, 7) is 3.28. The second-order valence-corrected chi connectivity index (χ2v) is 7.21. The first kappa shape index (κ1) is 17.2. The largest absolute Gasteiger partial charge is 0.472 e. The van der Waals surface area contributed by atoms with Crippen molar-refractivity contribution in [2.24, 2.45) is 5.41 Å². The van der Waals surface area contributed by atoms with Gasteiger partial charge in [-0.25, -0.2) is 0 Å². The lowest BCUT2D eigenvalue weighted by molar-refractivity contribution is -0.148.